The number of hydrogen-bond acceptors (Lipinski definition) is 4. The largest absolute Gasteiger partial charge is 0.504 e. The fraction of sp³-hybridized carbons (Fsp3) is 0.588. The van der Waals surface area contributed by atoms with Gasteiger partial charge in [-0.3, -0.25) is 4.99 Å². The third kappa shape index (κ3) is 5.53. The van der Waals surface area contributed by atoms with Crippen LogP contribution in [0.5, 0.6) is 11.5 Å². The molecule has 0 aromatic heterocycles. The number of nitrogens with zero attached hydrogens (tertiary/aromatic N) is 1. The zero-order chi connectivity index (χ0) is 16.5. The van der Waals surface area contributed by atoms with Crippen LogP contribution in [-0.4, -0.2) is 48.8 Å². The van der Waals surface area contributed by atoms with E-state index in [1.807, 2.05) is 23.9 Å². The zero-order valence-corrected chi connectivity index (χ0v) is 14.8. The monoisotopic (exact) mass is 337 g/mol. The Balaban J connectivity index is 1.85. The van der Waals surface area contributed by atoms with Crippen LogP contribution in [-0.2, 0) is 6.42 Å². The predicted molar refractivity (Wildman–Crippen MR) is 97.8 cm³/mol. The average Bonchev–Trinajstić information content (AvgIpc) is 3.07. The first-order chi connectivity index (χ1) is 11.2. The smallest absolute Gasteiger partial charge is 0.191 e. The Morgan fingerprint density at radius 3 is 3.00 bits per heavy atom. The number of aliphatic imine (C=N–C) groups is 1. The van der Waals surface area contributed by atoms with Crippen molar-refractivity contribution in [3.05, 3.63) is 23.8 Å². The number of para-hydroxylation sites is 1. The van der Waals surface area contributed by atoms with E-state index in [1.54, 1.807) is 13.2 Å². The van der Waals surface area contributed by atoms with Gasteiger partial charge in [0.05, 0.1) is 13.7 Å². The summed E-state index contributed by atoms with van der Waals surface area (Å²) in [7, 11) is 1.56. The van der Waals surface area contributed by atoms with Crippen LogP contribution in [0.2, 0.25) is 0 Å². The van der Waals surface area contributed by atoms with E-state index in [9.17, 15) is 5.11 Å². The molecule has 1 saturated heterocycles. The third-order valence-electron chi connectivity index (χ3n) is 3.81. The Hall–Kier alpha value is -1.56. The lowest BCUT2D eigenvalue weighted by molar-refractivity contribution is 0.370. The summed E-state index contributed by atoms with van der Waals surface area (Å²) in [5, 5.41) is 17.4. The lowest BCUT2D eigenvalue weighted by Crippen LogP contribution is -2.38. The van der Waals surface area contributed by atoms with Gasteiger partial charge in [0.1, 0.15) is 0 Å². The summed E-state index contributed by atoms with van der Waals surface area (Å²) in [6, 6.07) is 5.57. The number of methoxy groups -OCH3 is 1. The van der Waals surface area contributed by atoms with E-state index in [0.717, 1.165) is 24.6 Å². The molecule has 1 unspecified atom stereocenters. The number of benzene rings is 1. The average molecular weight is 337 g/mol. The minimum atomic E-state index is 0.223. The Bertz CT molecular complexity index is 517. The number of guanidine groups is 1. The topological polar surface area (TPSA) is 65.9 Å². The molecule has 1 fully saturated rings. The number of nitrogens with one attached hydrogen (secondary N) is 2. The molecule has 128 valence electrons. The molecule has 1 atom stereocenters. The molecule has 1 aromatic rings. The van der Waals surface area contributed by atoms with Crippen molar-refractivity contribution in [3.63, 3.8) is 0 Å². The van der Waals surface area contributed by atoms with Gasteiger partial charge in [0.15, 0.2) is 17.5 Å². The molecule has 0 spiro atoms. The number of hydrogen-bond donors (Lipinski definition) is 3. The molecule has 6 heteroatoms. The highest BCUT2D eigenvalue weighted by Crippen LogP contribution is 2.29. The van der Waals surface area contributed by atoms with Crippen molar-refractivity contribution >= 4 is 17.7 Å². The highest BCUT2D eigenvalue weighted by molar-refractivity contribution is 8.00. The van der Waals surface area contributed by atoms with Gasteiger partial charge in [0.2, 0.25) is 0 Å². The number of rotatable bonds is 7. The van der Waals surface area contributed by atoms with Crippen molar-refractivity contribution in [1.29, 1.82) is 0 Å². The van der Waals surface area contributed by atoms with E-state index in [-0.39, 0.29) is 5.75 Å². The Morgan fingerprint density at radius 1 is 1.43 bits per heavy atom. The van der Waals surface area contributed by atoms with Crippen molar-refractivity contribution in [2.75, 3.05) is 32.5 Å². The minimum Gasteiger partial charge on any atom is -0.504 e. The SMILES string of the molecule is CCNC(=NCC1CCCS1)NCCc1cccc(OC)c1O. The van der Waals surface area contributed by atoms with Gasteiger partial charge in [-0.05, 0) is 43.6 Å². The number of thioether (sulfide) groups is 1. The quantitative estimate of drug-likeness (QED) is 0.527. The number of ether oxygens (including phenoxy) is 1. The first-order valence-electron chi connectivity index (χ1n) is 8.23. The van der Waals surface area contributed by atoms with Gasteiger partial charge >= 0.3 is 0 Å². The van der Waals surface area contributed by atoms with Crippen LogP contribution in [0.1, 0.15) is 25.3 Å². The van der Waals surface area contributed by atoms with Crippen LogP contribution in [0, 0.1) is 0 Å². The van der Waals surface area contributed by atoms with Crippen molar-refractivity contribution in [2.45, 2.75) is 31.4 Å². The summed E-state index contributed by atoms with van der Waals surface area (Å²) in [5.74, 6) is 2.85. The van der Waals surface area contributed by atoms with Crippen LogP contribution in [0.15, 0.2) is 23.2 Å². The summed E-state index contributed by atoms with van der Waals surface area (Å²) in [6.07, 6.45) is 3.29. The molecule has 1 aliphatic heterocycles. The maximum atomic E-state index is 10.1. The summed E-state index contributed by atoms with van der Waals surface area (Å²) in [6.45, 7) is 4.48. The lowest BCUT2D eigenvalue weighted by Gasteiger charge is -2.13. The molecule has 0 bridgehead atoms. The summed E-state index contributed by atoms with van der Waals surface area (Å²) in [5.41, 5.74) is 0.874. The van der Waals surface area contributed by atoms with Gasteiger partial charge in [0.25, 0.3) is 0 Å². The molecule has 1 heterocycles. The minimum absolute atomic E-state index is 0.223. The van der Waals surface area contributed by atoms with E-state index in [2.05, 4.69) is 22.5 Å². The summed E-state index contributed by atoms with van der Waals surface area (Å²) < 4.78 is 5.14. The first-order valence-corrected chi connectivity index (χ1v) is 9.28. The molecule has 5 nitrogen and oxygen atoms in total. The van der Waals surface area contributed by atoms with E-state index < -0.39 is 0 Å². The van der Waals surface area contributed by atoms with Gasteiger partial charge in [-0.25, -0.2) is 0 Å². The lowest BCUT2D eigenvalue weighted by atomic mass is 10.1. The molecule has 23 heavy (non-hydrogen) atoms. The molecule has 2 rings (SSSR count). The maximum absolute atomic E-state index is 10.1. The Kier molecular flexibility index (Phi) is 7.39. The predicted octanol–water partition coefficient (Wildman–Crippen LogP) is 2.39. The van der Waals surface area contributed by atoms with Crippen molar-refractivity contribution < 1.29 is 9.84 Å². The van der Waals surface area contributed by atoms with Gasteiger partial charge in [-0.1, -0.05) is 12.1 Å². The molecule has 0 radical (unpaired) electrons. The number of phenolic OH excluding ortho intramolecular Hbond substituents is 1. The van der Waals surface area contributed by atoms with Gasteiger partial charge in [-0.2, -0.15) is 11.8 Å². The van der Waals surface area contributed by atoms with Crippen LogP contribution >= 0.6 is 11.8 Å². The molecule has 0 amide bonds. The molecular weight excluding hydrogens is 310 g/mol. The summed E-state index contributed by atoms with van der Waals surface area (Å²) in [4.78, 5) is 4.67. The third-order valence-corrected chi connectivity index (χ3v) is 5.19. The second-order valence-electron chi connectivity index (χ2n) is 5.50. The molecule has 1 aromatic carbocycles. The van der Waals surface area contributed by atoms with E-state index >= 15 is 0 Å². The normalized spacial score (nSPS) is 18.0. The van der Waals surface area contributed by atoms with Crippen LogP contribution < -0.4 is 15.4 Å². The van der Waals surface area contributed by atoms with E-state index in [1.165, 1.54) is 18.6 Å². The highest BCUT2D eigenvalue weighted by atomic mass is 32.2. The maximum Gasteiger partial charge on any atom is 0.191 e. The van der Waals surface area contributed by atoms with E-state index in [0.29, 0.717) is 24.0 Å². The van der Waals surface area contributed by atoms with Crippen molar-refractivity contribution in [3.8, 4) is 11.5 Å². The van der Waals surface area contributed by atoms with Crippen LogP contribution in [0.25, 0.3) is 0 Å². The fourth-order valence-electron chi connectivity index (χ4n) is 2.57. The van der Waals surface area contributed by atoms with E-state index in [4.69, 9.17) is 4.74 Å². The fourth-order valence-corrected chi connectivity index (χ4v) is 3.75. The van der Waals surface area contributed by atoms with Gasteiger partial charge in [-0.15, -0.1) is 0 Å². The number of aromatic hydroxyl groups is 1. The zero-order valence-electron chi connectivity index (χ0n) is 14.0. The second kappa shape index (κ2) is 9.55. The second-order valence-corrected chi connectivity index (χ2v) is 6.91. The molecule has 1 aliphatic rings. The van der Waals surface area contributed by atoms with Crippen molar-refractivity contribution in [1.82, 2.24) is 10.6 Å². The standard InChI is InChI=1S/C17H27N3O2S/c1-3-18-17(20-12-14-7-5-11-23-14)19-10-9-13-6-4-8-15(22-2)16(13)21/h4,6,8,14,21H,3,5,7,9-12H2,1-2H3,(H2,18,19,20). The Morgan fingerprint density at radius 2 is 2.30 bits per heavy atom. The molecule has 0 aliphatic carbocycles. The van der Waals surface area contributed by atoms with Crippen LogP contribution in [0.4, 0.5) is 0 Å². The molecule has 3 N–H and O–H groups in total. The highest BCUT2D eigenvalue weighted by Gasteiger charge is 2.15. The van der Waals surface area contributed by atoms with Gasteiger partial charge < -0.3 is 20.5 Å². The van der Waals surface area contributed by atoms with Gasteiger partial charge in [0, 0.05) is 18.3 Å². The van der Waals surface area contributed by atoms with Crippen molar-refractivity contribution in [2.24, 2.45) is 4.99 Å². The molecule has 0 saturated carbocycles. The number of phenols is 1. The Labute approximate surface area is 142 Å². The summed E-state index contributed by atoms with van der Waals surface area (Å²) >= 11 is 2.02. The molecular formula is C17H27N3O2S. The first kappa shape index (κ1) is 17.8. The van der Waals surface area contributed by atoms with Crippen LogP contribution in [0.3, 0.4) is 0 Å².